The zero-order chi connectivity index (χ0) is 18.9. The molecular formula is C19H24N4O3+2. The maximum atomic E-state index is 12.3. The van der Waals surface area contributed by atoms with Crippen LogP contribution in [-0.4, -0.2) is 29.7 Å². The monoisotopic (exact) mass is 356 g/mol. The zero-order valence-corrected chi connectivity index (χ0v) is 15.0. The van der Waals surface area contributed by atoms with Crippen LogP contribution in [0.15, 0.2) is 54.2 Å². The molecule has 26 heavy (non-hydrogen) atoms. The summed E-state index contributed by atoms with van der Waals surface area (Å²) in [4.78, 5) is 24.5. The van der Waals surface area contributed by atoms with Crippen molar-refractivity contribution in [2.75, 3.05) is 6.54 Å². The molecule has 0 fully saturated rings. The SMILES string of the molecule is CC(C)CNC(=O)c1ccc[n+](CC(=O)C[n+]2cccc(/C=N/O)c2)c1. The number of aromatic nitrogens is 2. The predicted molar refractivity (Wildman–Crippen MR) is 94.8 cm³/mol. The van der Waals surface area contributed by atoms with Crippen LogP contribution in [-0.2, 0) is 17.9 Å². The number of hydrogen-bond acceptors (Lipinski definition) is 4. The standard InChI is InChI=1S/C19H22N4O3/c1-15(2)9-20-19(25)17-6-4-8-23(12-17)14-18(24)13-22-7-3-5-16(11-22)10-21-26/h3-8,10-12,15H,9,13-14H2,1-2H3/p+2/b21-10+. The van der Waals surface area contributed by atoms with E-state index in [0.29, 0.717) is 23.6 Å². The van der Waals surface area contributed by atoms with E-state index in [9.17, 15) is 9.59 Å². The average molecular weight is 356 g/mol. The van der Waals surface area contributed by atoms with E-state index in [4.69, 9.17) is 5.21 Å². The Kier molecular flexibility index (Phi) is 6.96. The predicted octanol–water partition coefficient (Wildman–Crippen LogP) is 0.725. The molecule has 0 aliphatic carbocycles. The minimum absolute atomic E-state index is 0.0159. The largest absolute Gasteiger partial charge is 0.411 e. The molecule has 2 aromatic heterocycles. The quantitative estimate of drug-likeness (QED) is 0.316. The number of carbonyl (C=O) groups is 2. The van der Waals surface area contributed by atoms with Crippen LogP contribution in [0.25, 0.3) is 0 Å². The van der Waals surface area contributed by atoms with Crippen molar-refractivity contribution in [1.29, 1.82) is 0 Å². The summed E-state index contributed by atoms with van der Waals surface area (Å²) in [5.41, 5.74) is 1.22. The van der Waals surface area contributed by atoms with Crippen LogP contribution in [0, 0.1) is 5.92 Å². The Hall–Kier alpha value is -3.09. The van der Waals surface area contributed by atoms with Crippen molar-refractivity contribution in [1.82, 2.24) is 5.32 Å². The minimum Gasteiger partial charge on any atom is -0.411 e. The highest BCUT2D eigenvalue weighted by Crippen LogP contribution is 1.96. The van der Waals surface area contributed by atoms with Gasteiger partial charge in [0.25, 0.3) is 11.7 Å². The third kappa shape index (κ3) is 6.08. The van der Waals surface area contributed by atoms with Crippen LogP contribution >= 0.6 is 0 Å². The molecule has 7 heteroatoms. The summed E-state index contributed by atoms with van der Waals surface area (Å²) in [6.07, 6.45) is 8.23. The molecule has 2 aromatic rings. The van der Waals surface area contributed by atoms with Crippen LogP contribution in [0.2, 0.25) is 0 Å². The average Bonchev–Trinajstić information content (AvgIpc) is 2.60. The number of nitrogens with one attached hydrogen (secondary N) is 1. The molecule has 0 bridgehead atoms. The van der Waals surface area contributed by atoms with Gasteiger partial charge in [-0.05, 0) is 18.1 Å². The summed E-state index contributed by atoms with van der Waals surface area (Å²) in [5.74, 6) is 0.212. The Balaban J connectivity index is 1.99. The molecule has 136 valence electrons. The fourth-order valence-corrected chi connectivity index (χ4v) is 2.39. The highest BCUT2D eigenvalue weighted by Gasteiger charge is 2.17. The zero-order valence-electron chi connectivity index (χ0n) is 15.0. The van der Waals surface area contributed by atoms with Crippen molar-refractivity contribution >= 4 is 17.9 Å². The molecule has 0 saturated carbocycles. The molecule has 1 amide bonds. The van der Waals surface area contributed by atoms with Gasteiger partial charge in [0.15, 0.2) is 24.8 Å². The summed E-state index contributed by atoms with van der Waals surface area (Å²) < 4.78 is 3.42. The van der Waals surface area contributed by atoms with Gasteiger partial charge in [0, 0.05) is 18.7 Å². The first-order chi connectivity index (χ1) is 12.5. The van der Waals surface area contributed by atoms with E-state index in [-0.39, 0.29) is 24.8 Å². The van der Waals surface area contributed by atoms with Gasteiger partial charge in [-0.25, -0.2) is 0 Å². The molecule has 0 unspecified atom stereocenters. The smallest absolute Gasteiger partial charge is 0.261 e. The van der Waals surface area contributed by atoms with Crippen LogP contribution in [0.5, 0.6) is 0 Å². The van der Waals surface area contributed by atoms with Crippen molar-refractivity contribution in [2.45, 2.75) is 26.9 Å². The molecule has 2 N–H and O–H groups in total. The molecule has 0 saturated heterocycles. The lowest BCUT2D eigenvalue weighted by Crippen LogP contribution is -2.45. The number of nitrogens with zero attached hydrogens (tertiary/aromatic N) is 3. The Morgan fingerprint density at radius 2 is 1.81 bits per heavy atom. The van der Waals surface area contributed by atoms with Crippen molar-refractivity contribution in [3.05, 3.63) is 60.2 Å². The van der Waals surface area contributed by atoms with Crippen LogP contribution in [0.4, 0.5) is 0 Å². The first-order valence-corrected chi connectivity index (χ1v) is 8.43. The molecular weight excluding hydrogens is 332 g/mol. The highest BCUT2D eigenvalue weighted by molar-refractivity contribution is 5.93. The van der Waals surface area contributed by atoms with E-state index in [0.717, 1.165) is 0 Å². The Bertz CT molecular complexity index is 803. The maximum absolute atomic E-state index is 12.3. The van der Waals surface area contributed by atoms with E-state index in [1.807, 2.05) is 13.8 Å². The van der Waals surface area contributed by atoms with Crippen molar-refractivity contribution in [3.63, 3.8) is 0 Å². The summed E-state index contributed by atoms with van der Waals surface area (Å²) >= 11 is 0. The first kappa shape index (κ1) is 19.2. The number of Topliss-reactive ketones (excluding diaryl/α,β-unsaturated/α-hetero) is 1. The number of carbonyl (C=O) groups excluding carboxylic acids is 2. The van der Waals surface area contributed by atoms with Gasteiger partial charge in [0.1, 0.15) is 5.56 Å². The molecule has 2 heterocycles. The molecule has 0 aliphatic rings. The van der Waals surface area contributed by atoms with Gasteiger partial charge in [-0.2, -0.15) is 9.13 Å². The van der Waals surface area contributed by atoms with Gasteiger partial charge in [-0.15, -0.1) is 0 Å². The Morgan fingerprint density at radius 1 is 1.15 bits per heavy atom. The second-order valence-corrected chi connectivity index (χ2v) is 6.46. The third-order valence-electron chi connectivity index (χ3n) is 3.60. The number of ketones is 1. The van der Waals surface area contributed by atoms with Crippen LogP contribution in [0.1, 0.15) is 29.8 Å². The second-order valence-electron chi connectivity index (χ2n) is 6.46. The van der Waals surface area contributed by atoms with Gasteiger partial charge in [-0.3, -0.25) is 9.59 Å². The molecule has 0 atom stereocenters. The number of pyridine rings is 2. The van der Waals surface area contributed by atoms with Crippen molar-refractivity contribution in [2.24, 2.45) is 11.1 Å². The van der Waals surface area contributed by atoms with Gasteiger partial charge in [-0.1, -0.05) is 19.0 Å². The fraction of sp³-hybridized carbons (Fsp3) is 0.316. The first-order valence-electron chi connectivity index (χ1n) is 8.43. The van der Waals surface area contributed by atoms with E-state index < -0.39 is 0 Å². The molecule has 0 aliphatic heterocycles. The normalized spacial score (nSPS) is 11.0. The second kappa shape index (κ2) is 9.41. The van der Waals surface area contributed by atoms with E-state index in [1.165, 1.54) is 6.21 Å². The summed E-state index contributed by atoms with van der Waals surface area (Å²) in [5, 5.41) is 14.4. The van der Waals surface area contributed by atoms with Crippen molar-refractivity contribution in [3.8, 4) is 0 Å². The number of hydrogen-bond donors (Lipinski definition) is 2. The fourth-order valence-electron chi connectivity index (χ4n) is 2.39. The van der Waals surface area contributed by atoms with Gasteiger partial charge in [0.05, 0.1) is 11.8 Å². The van der Waals surface area contributed by atoms with Gasteiger partial charge in [0.2, 0.25) is 13.1 Å². The van der Waals surface area contributed by atoms with Crippen molar-refractivity contribution < 1.29 is 23.9 Å². The maximum Gasteiger partial charge on any atom is 0.261 e. The summed E-state index contributed by atoms with van der Waals surface area (Å²) in [6.45, 7) is 5.02. The van der Waals surface area contributed by atoms with E-state index >= 15 is 0 Å². The van der Waals surface area contributed by atoms with E-state index in [1.54, 1.807) is 58.2 Å². The lowest BCUT2D eigenvalue weighted by Gasteiger charge is -2.06. The number of oxime groups is 1. The lowest BCUT2D eigenvalue weighted by molar-refractivity contribution is -0.702. The molecule has 0 radical (unpaired) electrons. The Morgan fingerprint density at radius 3 is 2.46 bits per heavy atom. The molecule has 0 aromatic carbocycles. The highest BCUT2D eigenvalue weighted by atomic mass is 16.4. The lowest BCUT2D eigenvalue weighted by atomic mass is 10.2. The van der Waals surface area contributed by atoms with Gasteiger partial charge >= 0.3 is 0 Å². The minimum atomic E-state index is -0.147. The number of amides is 1. The van der Waals surface area contributed by atoms with E-state index in [2.05, 4.69) is 10.5 Å². The summed E-state index contributed by atoms with van der Waals surface area (Å²) in [7, 11) is 0. The number of rotatable bonds is 8. The van der Waals surface area contributed by atoms with Crippen LogP contribution in [0.3, 0.4) is 0 Å². The Labute approximate surface area is 152 Å². The molecule has 2 rings (SSSR count). The topological polar surface area (TPSA) is 86.5 Å². The molecule has 0 spiro atoms. The molecule has 7 nitrogen and oxygen atoms in total. The van der Waals surface area contributed by atoms with Crippen LogP contribution < -0.4 is 14.5 Å². The third-order valence-corrected chi connectivity index (χ3v) is 3.60. The summed E-state index contributed by atoms with van der Waals surface area (Å²) in [6, 6.07) is 7.03. The van der Waals surface area contributed by atoms with Gasteiger partial charge < -0.3 is 10.5 Å².